The standard InChI is InChI=1S/C30H60O2/c1-4-6-8-10-11-12-13-14-15-16-17-18-19-20-21-22-23-24-26-28-30(31)32-29(3)27-25-9-7-5-2/h29H,4-28H2,1-3H3. The lowest BCUT2D eigenvalue weighted by atomic mass is 10.0. The largest absolute Gasteiger partial charge is 0.463 e. The van der Waals surface area contributed by atoms with E-state index in [4.69, 9.17) is 4.74 Å². The second-order valence-electron chi connectivity index (χ2n) is 10.3. The maximum Gasteiger partial charge on any atom is 0.306 e. The third-order valence-electron chi connectivity index (χ3n) is 6.78. The summed E-state index contributed by atoms with van der Waals surface area (Å²) in [7, 11) is 0. The summed E-state index contributed by atoms with van der Waals surface area (Å²) in [5.41, 5.74) is 0. The highest BCUT2D eigenvalue weighted by Crippen LogP contribution is 2.15. The third-order valence-corrected chi connectivity index (χ3v) is 6.78. The van der Waals surface area contributed by atoms with Gasteiger partial charge in [-0.05, 0) is 26.2 Å². The van der Waals surface area contributed by atoms with Crippen molar-refractivity contribution >= 4 is 5.97 Å². The Kier molecular flexibility index (Phi) is 26.3. The van der Waals surface area contributed by atoms with Crippen molar-refractivity contribution in [2.75, 3.05) is 0 Å². The number of carbonyl (C=O) groups excluding carboxylic acids is 1. The van der Waals surface area contributed by atoms with Crippen LogP contribution in [0.4, 0.5) is 0 Å². The van der Waals surface area contributed by atoms with Crippen LogP contribution in [-0.2, 0) is 9.53 Å². The van der Waals surface area contributed by atoms with Crippen LogP contribution in [0.2, 0.25) is 0 Å². The number of carbonyl (C=O) groups is 1. The van der Waals surface area contributed by atoms with Crippen LogP contribution >= 0.6 is 0 Å². The summed E-state index contributed by atoms with van der Waals surface area (Å²) in [6.07, 6.45) is 33.0. The van der Waals surface area contributed by atoms with Crippen LogP contribution in [0, 0.1) is 0 Å². The molecule has 0 aliphatic rings. The second kappa shape index (κ2) is 26.7. The van der Waals surface area contributed by atoms with Gasteiger partial charge in [-0.3, -0.25) is 4.79 Å². The first-order chi connectivity index (χ1) is 15.7. The van der Waals surface area contributed by atoms with Crippen LogP contribution in [0.15, 0.2) is 0 Å². The van der Waals surface area contributed by atoms with Crippen LogP contribution in [0.25, 0.3) is 0 Å². The van der Waals surface area contributed by atoms with Crippen molar-refractivity contribution in [3.63, 3.8) is 0 Å². The molecule has 0 aromatic carbocycles. The molecule has 32 heavy (non-hydrogen) atoms. The van der Waals surface area contributed by atoms with E-state index in [-0.39, 0.29) is 12.1 Å². The SMILES string of the molecule is CCCCCCCCCCCCCCCCCCCCCC(=O)OC(C)CCCCCC. The van der Waals surface area contributed by atoms with Crippen LogP contribution in [0.1, 0.15) is 181 Å². The van der Waals surface area contributed by atoms with E-state index < -0.39 is 0 Å². The van der Waals surface area contributed by atoms with E-state index in [1.165, 1.54) is 141 Å². The highest BCUT2D eigenvalue weighted by molar-refractivity contribution is 5.69. The van der Waals surface area contributed by atoms with Gasteiger partial charge in [-0.1, -0.05) is 149 Å². The topological polar surface area (TPSA) is 26.3 Å². The van der Waals surface area contributed by atoms with Crippen molar-refractivity contribution in [2.24, 2.45) is 0 Å². The Morgan fingerprint density at radius 2 is 0.812 bits per heavy atom. The van der Waals surface area contributed by atoms with Crippen molar-refractivity contribution < 1.29 is 9.53 Å². The molecule has 0 heterocycles. The zero-order valence-electron chi connectivity index (χ0n) is 22.6. The molecule has 0 aromatic heterocycles. The molecule has 0 rings (SSSR count). The zero-order chi connectivity index (χ0) is 23.5. The normalized spacial score (nSPS) is 12.2. The van der Waals surface area contributed by atoms with E-state index in [2.05, 4.69) is 13.8 Å². The molecule has 1 unspecified atom stereocenters. The Bertz CT molecular complexity index is 366. The molecule has 0 amide bonds. The molecule has 0 radical (unpaired) electrons. The van der Waals surface area contributed by atoms with E-state index in [1.807, 2.05) is 6.92 Å². The Morgan fingerprint density at radius 1 is 0.500 bits per heavy atom. The van der Waals surface area contributed by atoms with Gasteiger partial charge in [-0.25, -0.2) is 0 Å². The van der Waals surface area contributed by atoms with E-state index in [0.717, 1.165) is 12.8 Å². The highest BCUT2D eigenvalue weighted by atomic mass is 16.5. The molecule has 0 fully saturated rings. The summed E-state index contributed by atoms with van der Waals surface area (Å²) < 4.78 is 5.53. The molecule has 0 aliphatic heterocycles. The smallest absolute Gasteiger partial charge is 0.306 e. The van der Waals surface area contributed by atoms with Crippen molar-refractivity contribution in [2.45, 2.75) is 187 Å². The minimum absolute atomic E-state index is 0.0139. The van der Waals surface area contributed by atoms with Crippen LogP contribution < -0.4 is 0 Å². The van der Waals surface area contributed by atoms with Gasteiger partial charge in [0.15, 0.2) is 0 Å². The molecule has 2 nitrogen and oxygen atoms in total. The lowest BCUT2D eigenvalue weighted by molar-refractivity contribution is -0.148. The van der Waals surface area contributed by atoms with Gasteiger partial charge in [0.1, 0.15) is 0 Å². The fourth-order valence-electron chi connectivity index (χ4n) is 4.55. The molecule has 0 bridgehead atoms. The van der Waals surface area contributed by atoms with Gasteiger partial charge in [-0.2, -0.15) is 0 Å². The average Bonchev–Trinajstić information content (AvgIpc) is 2.78. The van der Waals surface area contributed by atoms with Gasteiger partial charge in [0.2, 0.25) is 0 Å². The molecule has 1 atom stereocenters. The Hall–Kier alpha value is -0.530. The first-order valence-electron chi connectivity index (χ1n) is 14.9. The molecule has 0 saturated carbocycles. The van der Waals surface area contributed by atoms with Crippen LogP contribution in [-0.4, -0.2) is 12.1 Å². The molecule has 0 N–H and O–H groups in total. The predicted molar refractivity (Wildman–Crippen MR) is 142 cm³/mol. The van der Waals surface area contributed by atoms with Crippen LogP contribution in [0.5, 0.6) is 0 Å². The van der Waals surface area contributed by atoms with Gasteiger partial charge in [0.25, 0.3) is 0 Å². The summed E-state index contributed by atoms with van der Waals surface area (Å²) in [6.45, 7) is 6.56. The average molecular weight is 453 g/mol. The first-order valence-corrected chi connectivity index (χ1v) is 14.9. The molecule has 192 valence electrons. The fraction of sp³-hybridized carbons (Fsp3) is 0.967. The van der Waals surface area contributed by atoms with Crippen molar-refractivity contribution in [3.05, 3.63) is 0 Å². The maximum absolute atomic E-state index is 11.9. The third kappa shape index (κ3) is 25.7. The van der Waals surface area contributed by atoms with Crippen molar-refractivity contribution in [1.82, 2.24) is 0 Å². The zero-order valence-corrected chi connectivity index (χ0v) is 22.6. The summed E-state index contributed by atoms with van der Waals surface area (Å²) >= 11 is 0. The predicted octanol–water partition coefficient (Wildman–Crippen LogP) is 10.7. The van der Waals surface area contributed by atoms with Gasteiger partial charge in [0, 0.05) is 6.42 Å². The number of rotatable bonds is 26. The molecule has 0 aliphatic carbocycles. The van der Waals surface area contributed by atoms with E-state index in [1.54, 1.807) is 0 Å². The Labute approximate surface area is 203 Å². The summed E-state index contributed by atoms with van der Waals surface area (Å²) in [5.74, 6) is 0.0139. The molecule has 0 aromatic rings. The van der Waals surface area contributed by atoms with Gasteiger partial charge < -0.3 is 4.74 Å². The van der Waals surface area contributed by atoms with E-state index in [9.17, 15) is 4.79 Å². The fourth-order valence-corrected chi connectivity index (χ4v) is 4.55. The quantitative estimate of drug-likeness (QED) is 0.0963. The summed E-state index contributed by atoms with van der Waals surface area (Å²) in [5, 5.41) is 0. The maximum atomic E-state index is 11.9. The molecule has 2 heteroatoms. The van der Waals surface area contributed by atoms with E-state index in [0.29, 0.717) is 6.42 Å². The number of hydrogen-bond acceptors (Lipinski definition) is 2. The minimum Gasteiger partial charge on any atom is -0.463 e. The van der Waals surface area contributed by atoms with Crippen molar-refractivity contribution in [1.29, 1.82) is 0 Å². The lowest BCUT2D eigenvalue weighted by Crippen LogP contribution is -2.14. The van der Waals surface area contributed by atoms with Gasteiger partial charge in [0.05, 0.1) is 6.10 Å². The van der Waals surface area contributed by atoms with Gasteiger partial charge >= 0.3 is 5.97 Å². The molecule has 0 saturated heterocycles. The second-order valence-corrected chi connectivity index (χ2v) is 10.3. The Morgan fingerprint density at radius 3 is 1.19 bits per heavy atom. The number of hydrogen-bond donors (Lipinski definition) is 0. The lowest BCUT2D eigenvalue weighted by Gasteiger charge is -2.13. The van der Waals surface area contributed by atoms with Crippen LogP contribution in [0.3, 0.4) is 0 Å². The number of unbranched alkanes of at least 4 members (excludes halogenated alkanes) is 21. The molecular weight excluding hydrogens is 392 g/mol. The number of ether oxygens (including phenoxy) is 1. The van der Waals surface area contributed by atoms with Crippen molar-refractivity contribution in [3.8, 4) is 0 Å². The molecular formula is C30H60O2. The minimum atomic E-state index is 0.0139. The Balaban J connectivity index is 3.19. The molecule has 0 spiro atoms. The highest BCUT2D eigenvalue weighted by Gasteiger charge is 2.08. The number of esters is 1. The summed E-state index contributed by atoms with van der Waals surface area (Å²) in [4.78, 5) is 11.9. The van der Waals surface area contributed by atoms with E-state index >= 15 is 0 Å². The summed E-state index contributed by atoms with van der Waals surface area (Å²) in [6, 6.07) is 0. The van der Waals surface area contributed by atoms with Gasteiger partial charge in [-0.15, -0.1) is 0 Å². The first kappa shape index (κ1) is 31.5. The monoisotopic (exact) mass is 452 g/mol.